The van der Waals surface area contributed by atoms with Crippen molar-refractivity contribution in [2.75, 3.05) is 0 Å². The highest BCUT2D eigenvalue weighted by atomic mass is 19.2. The lowest BCUT2D eigenvalue weighted by molar-refractivity contribution is 0.0734. The van der Waals surface area contributed by atoms with Crippen LogP contribution in [0.1, 0.15) is 73.2 Å². The van der Waals surface area contributed by atoms with Crippen molar-refractivity contribution < 1.29 is 18.3 Å². The van der Waals surface area contributed by atoms with E-state index < -0.39 is 17.6 Å². The molecule has 0 aromatic heterocycles. The Morgan fingerprint density at radius 3 is 2.45 bits per heavy atom. The van der Waals surface area contributed by atoms with Crippen LogP contribution in [0.3, 0.4) is 0 Å². The standard InChI is InChI=1S/C27H30F2O2/c1-2-3-4-18-5-6-23-16-22(12-11-21(23)15-18)19-7-9-20(10-8-19)27(30)31-24-13-14-25(28)26(29)17-24/h2,7-10,13-14,17-18,21-23H,1,3-6,11-12,15-16H2. The third kappa shape index (κ3) is 5.23. The summed E-state index contributed by atoms with van der Waals surface area (Å²) >= 11 is 0. The molecule has 2 saturated carbocycles. The summed E-state index contributed by atoms with van der Waals surface area (Å²) in [5, 5.41) is 0. The molecule has 0 bridgehead atoms. The van der Waals surface area contributed by atoms with Gasteiger partial charge >= 0.3 is 5.97 Å². The van der Waals surface area contributed by atoms with Crippen molar-refractivity contribution in [3.8, 4) is 5.75 Å². The van der Waals surface area contributed by atoms with Crippen LogP contribution in [-0.4, -0.2) is 5.97 Å². The molecule has 0 radical (unpaired) electrons. The Kier molecular flexibility index (Phi) is 6.84. The first-order valence-corrected chi connectivity index (χ1v) is 11.4. The topological polar surface area (TPSA) is 26.3 Å². The van der Waals surface area contributed by atoms with Crippen LogP contribution in [0.4, 0.5) is 8.78 Å². The average molecular weight is 425 g/mol. The molecular weight excluding hydrogens is 394 g/mol. The Morgan fingerprint density at radius 1 is 0.968 bits per heavy atom. The molecular formula is C27H30F2O2. The highest BCUT2D eigenvalue weighted by Crippen LogP contribution is 2.48. The fourth-order valence-corrected chi connectivity index (χ4v) is 5.50. The molecule has 2 aliphatic rings. The zero-order valence-electron chi connectivity index (χ0n) is 17.9. The Balaban J connectivity index is 1.34. The fourth-order valence-electron chi connectivity index (χ4n) is 5.50. The smallest absolute Gasteiger partial charge is 0.343 e. The summed E-state index contributed by atoms with van der Waals surface area (Å²) in [6.07, 6.45) is 12.2. The maximum atomic E-state index is 13.3. The average Bonchev–Trinajstić information content (AvgIpc) is 2.79. The molecule has 0 N–H and O–H groups in total. The molecule has 2 fully saturated rings. The van der Waals surface area contributed by atoms with Gasteiger partial charge in [0.05, 0.1) is 5.56 Å². The predicted molar refractivity (Wildman–Crippen MR) is 118 cm³/mol. The number of carbonyl (C=O) groups excluding carboxylic acids is 1. The van der Waals surface area contributed by atoms with Crippen molar-refractivity contribution in [1.82, 2.24) is 0 Å². The fraction of sp³-hybridized carbons (Fsp3) is 0.444. The predicted octanol–water partition coefficient (Wildman–Crippen LogP) is 7.45. The monoisotopic (exact) mass is 424 g/mol. The lowest BCUT2D eigenvalue weighted by Gasteiger charge is -2.42. The van der Waals surface area contributed by atoms with E-state index in [-0.39, 0.29) is 5.75 Å². The largest absolute Gasteiger partial charge is 0.423 e. The third-order valence-electron chi connectivity index (χ3n) is 7.22. The maximum absolute atomic E-state index is 13.3. The third-order valence-corrected chi connectivity index (χ3v) is 7.22. The SMILES string of the molecule is C=CCCC1CCC2CC(c3ccc(C(=O)Oc4ccc(F)c(F)c4)cc3)CCC2C1. The van der Waals surface area contributed by atoms with Crippen molar-refractivity contribution >= 4 is 5.97 Å². The van der Waals surface area contributed by atoms with Crippen LogP contribution in [0.15, 0.2) is 55.1 Å². The summed E-state index contributed by atoms with van der Waals surface area (Å²) in [6.45, 7) is 3.86. The minimum atomic E-state index is -1.04. The zero-order valence-corrected chi connectivity index (χ0v) is 17.9. The molecule has 2 nitrogen and oxygen atoms in total. The van der Waals surface area contributed by atoms with Gasteiger partial charge in [-0.2, -0.15) is 0 Å². The molecule has 0 amide bonds. The van der Waals surface area contributed by atoms with E-state index in [2.05, 4.69) is 6.58 Å². The Bertz CT molecular complexity index is 921. The van der Waals surface area contributed by atoms with Gasteiger partial charge in [-0.15, -0.1) is 6.58 Å². The number of ether oxygens (including phenoxy) is 1. The Labute approximate surface area is 183 Å². The van der Waals surface area contributed by atoms with E-state index in [4.69, 9.17) is 4.74 Å². The van der Waals surface area contributed by atoms with E-state index in [1.807, 2.05) is 18.2 Å². The Morgan fingerprint density at radius 2 is 1.71 bits per heavy atom. The van der Waals surface area contributed by atoms with E-state index in [0.717, 1.165) is 36.3 Å². The molecule has 2 aromatic rings. The van der Waals surface area contributed by atoms with Gasteiger partial charge in [0.15, 0.2) is 11.6 Å². The summed E-state index contributed by atoms with van der Waals surface area (Å²) in [7, 11) is 0. The van der Waals surface area contributed by atoms with Crippen LogP contribution in [0.2, 0.25) is 0 Å². The van der Waals surface area contributed by atoms with Crippen molar-refractivity contribution in [2.24, 2.45) is 17.8 Å². The maximum Gasteiger partial charge on any atom is 0.343 e. The first-order chi connectivity index (χ1) is 15.0. The van der Waals surface area contributed by atoms with Gasteiger partial charge in [-0.1, -0.05) is 24.6 Å². The van der Waals surface area contributed by atoms with Gasteiger partial charge in [0, 0.05) is 6.07 Å². The van der Waals surface area contributed by atoms with Gasteiger partial charge in [-0.25, -0.2) is 13.6 Å². The summed E-state index contributed by atoms with van der Waals surface area (Å²) in [6, 6.07) is 10.7. The number of benzene rings is 2. The van der Waals surface area contributed by atoms with Crippen LogP contribution in [-0.2, 0) is 0 Å². The highest BCUT2D eigenvalue weighted by molar-refractivity contribution is 5.91. The van der Waals surface area contributed by atoms with E-state index >= 15 is 0 Å². The van der Waals surface area contributed by atoms with Gasteiger partial charge in [0.2, 0.25) is 0 Å². The number of halogens is 2. The number of fused-ring (bicyclic) bond motifs is 1. The summed E-state index contributed by atoms with van der Waals surface area (Å²) in [4.78, 5) is 12.3. The molecule has 0 saturated heterocycles. The second kappa shape index (κ2) is 9.76. The molecule has 0 spiro atoms. The van der Waals surface area contributed by atoms with Crippen molar-refractivity contribution in [3.63, 3.8) is 0 Å². The molecule has 0 aliphatic heterocycles. The van der Waals surface area contributed by atoms with E-state index in [1.54, 1.807) is 12.1 Å². The van der Waals surface area contributed by atoms with Crippen molar-refractivity contribution in [3.05, 3.63) is 77.9 Å². The molecule has 2 aromatic carbocycles. The van der Waals surface area contributed by atoms with Gasteiger partial charge < -0.3 is 4.74 Å². The lowest BCUT2D eigenvalue weighted by Crippen LogP contribution is -2.30. The van der Waals surface area contributed by atoms with Crippen molar-refractivity contribution in [2.45, 2.75) is 57.3 Å². The molecule has 2 aliphatic carbocycles. The molecule has 4 heteroatoms. The molecule has 0 heterocycles. The first-order valence-electron chi connectivity index (χ1n) is 11.4. The molecule has 4 rings (SSSR count). The summed E-state index contributed by atoms with van der Waals surface area (Å²) in [5.41, 5.74) is 1.68. The quantitative estimate of drug-likeness (QED) is 0.273. The number of allylic oxidation sites excluding steroid dienone is 1. The van der Waals surface area contributed by atoms with Crippen LogP contribution in [0.5, 0.6) is 5.75 Å². The van der Waals surface area contributed by atoms with Gasteiger partial charge in [0.25, 0.3) is 0 Å². The zero-order chi connectivity index (χ0) is 21.8. The van der Waals surface area contributed by atoms with Crippen molar-refractivity contribution in [1.29, 1.82) is 0 Å². The number of hydrogen-bond donors (Lipinski definition) is 0. The van der Waals surface area contributed by atoms with E-state index in [1.165, 1.54) is 56.6 Å². The van der Waals surface area contributed by atoms with Crippen LogP contribution in [0.25, 0.3) is 0 Å². The molecule has 4 atom stereocenters. The summed E-state index contributed by atoms with van der Waals surface area (Å²) < 4.78 is 31.5. The molecule has 164 valence electrons. The number of esters is 1. The number of hydrogen-bond acceptors (Lipinski definition) is 2. The second-order valence-electron chi connectivity index (χ2n) is 9.16. The van der Waals surface area contributed by atoms with Gasteiger partial charge in [0.1, 0.15) is 5.75 Å². The van der Waals surface area contributed by atoms with Crippen LogP contribution in [0, 0.1) is 29.4 Å². The minimum absolute atomic E-state index is 0.00464. The first kappa shape index (κ1) is 21.7. The second-order valence-corrected chi connectivity index (χ2v) is 9.16. The number of rotatable bonds is 6. The van der Waals surface area contributed by atoms with E-state index in [9.17, 15) is 13.6 Å². The Hall–Kier alpha value is -2.49. The highest BCUT2D eigenvalue weighted by Gasteiger charge is 2.35. The number of carbonyl (C=O) groups is 1. The minimum Gasteiger partial charge on any atom is -0.423 e. The normalized spacial score (nSPS) is 25.5. The molecule has 31 heavy (non-hydrogen) atoms. The molecule has 4 unspecified atom stereocenters. The lowest BCUT2D eigenvalue weighted by atomic mass is 9.63. The van der Waals surface area contributed by atoms with Crippen LogP contribution < -0.4 is 4.74 Å². The summed E-state index contributed by atoms with van der Waals surface area (Å²) in [5.74, 6) is 0.518. The van der Waals surface area contributed by atoms with Gasteiger partial charge in [-0.05, 0) is 98.4 Å². The van der Waals surface area contributed by atoms with E-state index in [0.29, 0.717) is 11.5 Å². The van der Waals surface area contributed by atoms with Crippen LogP contribution >= 0.6 is 0 Å². The van der Waals surface area contributed by atoms with Gasteiger partial charge in [-0.3, -0.25) is 0 Å².